The van der Waals surface area contributed by atoms with E-state index in [9.17, 15) is 0 Å². The average Bonchev–Trinajstić information content (AvgIpc) is 2.80. The maximum Gasteiger partial charge on any atom is 0.120 e. The predicted octanol–water partition coefficient (Wildman–Crippen LogP) is 3.51. The van der Waals surface area contributed by atoms with Crippen molar-refractivity contribution in [3.05, 3.63) is 23.5 Å². The third-order valence-electron chi connectivity index (χ3n) is 3.42. The van der Waals surface area contributed by atoms with Crippen molar-refractivity contribution in [3.63, 3.8) is 0 Å². The van der Waals surface area contributed by atoms with Gasteiger partial charge in [0.2, 0.25) is 0 Å². The van der Waals surface area contributed by atoms with Crippen LogP contribution in [0.4, 0.5) is 0 Å². The van der Waals surface area contributed by atoms with Crippen LogP contribution in [-0.4, -0.2) is 17.8 Å². The molecule has 0 N–H and O–H groups in total. The minimum Gasteiger partial charge on any atom is -0.381 e. The van der Waals surface area contributed by atoms with Gasteiger partial charge in [0.1, 0.15) is 11.8 Å². The highest BCUT2D eigenvalue weighted by Gasteiger charge is 2.14. The second-order valence-electron chi connectivity index (χ2n) is 4.47. The minimum atomic E-state index is 0.766. The van der Waals surface area contributed by atoms with Crippen molar-refractivity contribution < 1.29 is 4.74 Å². The molecular weight excluding hydrogens is 224 g/mol. The molecule has 1 saturated heterocycles. The highest BCUT2D eigenvalue weighted by Crippen LogP contribution is 2.20. The Labute approximate surface area is 110 Å². The van der Waals surface area contributed by atoms with Crippen molar-refractivity contribution in [2.24, 2.45) is 5.92 Å². The van der Waals surface area contributed by atoms with Crippen LogP contribution in [0.15, 0.2) is 12.1 Å². The first-order chi connectivity index (χ1) is 8.81. The Hall–Kier alpha value is -1.27. The van der Waals surface area contributed by atoms with Gasteiger partial charge in [-0.05, 0) is 44.2 Å². The molecule has 0 amide bonds. The summed E-state index contributed by atoms with van der Waals surface area (Å²) in [6, 6.07) is 6.16. The molecule has 0 bridgehead atoms. The van der Waals surface area contributed by atoms with Gasteiger partial charge < -0.3 is 9.30 Å². The first-order valence-electron chi connectivity index (χ1n) is 6.95. The predicted molar refractivity (Wildman–Crippen MR) is 73.4 cm³/mol. The fraction of sp³-hybridized carbons (Fsp3) is 0.667. The van der Waals surface area contributed by atoms with Crippen LogP contribution < -0.4 is 0 Å². The third-order valence-corrected chi connectivity index (χ3v) is 3.42. The van der Waals surface area contributed by atoms with Crippen LogP contribution in [0.5, 0.6) is 0 Å². The van der Waals surface area contributed by atoms with Crippen molar-refractivity contribution in [2.75, 3.05) is 13.2 Å². The van der Waals surface area contributed by atoms with Crippen LogP contribution in [-0.2, 0) is 11.3 Å². The van der Waals surface area contributed by atoms with Crippen LogP contribution in [0, 0.1) is 24.2 Å². The van der Waals surface area contributed by atoms with E-state index >= 15 is 0 Å². The molecule has 1 aliphatic rings. The van der Waals surface area contributed by atoms with E-state index in [0.717, 1.165) is 37.8 Å². The lowest BCUT2D eigenvalue weighted by atomic mass is 9.96. The second-order valence-corrected chi connectivity index (χ2v) is 4.47. The molecule has 100 valence electrons. The van der Waals surface area contributed by atoms with Crippen LogP contribution in [0.1, 0.15) is 44.5 Å². The number of aromatic nitrogens is 1. The van der Waals surface area contributed by atoms with Gasteiger partial charge in [-0.25, -0.2) is 0 Å². The molecule has 1 aromatic rings. The fourth-order valence-corrected chi connectivity index (χ4v) is 2.31. The van der Waals surface area contributed by atoms with E-state index in [1.54, 1.807) is 0 Å². The summed E-state index contributed by atoms with van der Waals surface area (Å²) in [5.41, 5.74) is 1.97. The lowest BCUT2D eigenvalue weighted by Crippen LogP contribution is -2.17. The maximum atomic E-state index is 8.98. The van der Waals surface area contributed by atoms with E-state index in [4.69, 9.17) is 10.00 Å². The summed E-state index contributed by atoms with van der Waals surface area (Å²) >= 11 is 0. The molecule has 0 saturated carbocycles. The Bertz CT molecular complexity index is 384. The van der Waals surface area contributed by atoms with E-state index in [2.05, 4.69) is 17.6 Å². The zero-order valence-electron chi connectivity index (χ0n) is 11.8. The van der Waals surface area contributed by atoms with Gasteiger partial charge in [-0.2, -0.15) is 5.26 Å². The topological polar surface area (TPSA) is 38.0 Å². The molecule has 0 radical (unpaired) electrons. The molecule has 0 aromatic carbocycles. The van der Waals surface area contributed by atoms with E-state index in [1.165, 1.54) is 18.5 Å². The minimum absolute atomic E-state index is 0.766. The summed E-state index contributed by atoms with van der Waals surface area (Å²) in [6.07, 6.45) is 3.50. The van der Waals surface area contributed by atoms with Crippen LogP contribution in [0.25, 0.3) is 0 Å². The van der Waals surface area contributed by atoms with Gasteiger partial charge in [0.05, 0.1) is 0 Å². The van der Waals surface area contributed by atoms with Crippen molar-refractivity contribution in [3.8, 4) is 6.07 Å². The summed E-state index contributed by atoms with van der Waals surface area (Å²) in [5, 5.41) is 8.98. The van der Waals surface area contributed by atoms with E-state index in [1.807, 2.05) is 26.0 Å². The summed E-state index contributed by atoms with van der Waals surface area (Å²) in [5.74, 6) is 0.766. The van der Waals surface area contributed by atoms with Gasteiger partial charge in [0.25, 0.3) is 0 Å². The molecule has 0 aliphatic carbocycles. The molecule has 2 rings (SSSR count). The summed E-state index contributed by atoms with van der Waals surface area (Å²) in [7, 11) is 0. The maximum absolute atomic E-state index is 8.98. The Morgan fingerprint density at radius 1 is 1.33 bits per heavy atom. The first kappa shape index (κ1) is 14.8. The average molecular weight is 248 g/mol. The van der Waals surface area contributed by atoms with Crippen molar-refractivity contribution >= 4 is 0 Å². The van der Waals surface area contributed by atoms with Crippen LogP contribution in [0.3, 0.4) is 0 Å². The summed E-state index contributed by atoms with van der Waals surface area (Å²) < 4.78 is 7.47. The molecule has 0 spiro atoms. The molecule has 0 unspecified atom stereocenters. The molecule has 3 nitrogen and oxygen atoms in total. The standard InChI is InChI=1S/C13H18N2O.C2H6/c1-11-2-3-13(10-14)15(11)7-4-12-5-8-16-9-6-12;1-2/h2-3,12H,4-9H2,1H3;1-2H3. The number of hydrogen-bond donors (Lipinski definition) is 0. The molecular formula is C15H24N2O. The highest BCUT2D eigenvalue weighted by molar-refractivity contribution is 5.26. The van der Waals surface area contributed by atoms with E-state index in [-0.39, 0.29) is 0 Å². The molecule has 18 heavy (non-hydrogen) atoms. The van der Waals surface area contributed by atoms with Gasteiger partial charge >= 0.3 is 0 Å². The van der Waals surface area contributed by atoms with Gasteiger partial charge in [0, 0.05) is 25.5 Å². The second kappa shape index (κ2) is 7.94. The molecule has 0 atom stereocenters. The van der Waals surface area contributed by atoms with E-state index < -0.39 is 0 Å². The molecule has 3 heteroatoms. The third kappa shape index (κ3) is 3.89. The number of aryl methyl sites for hydroxylation is 1. The van der Waals surface area contributed by atoms with E-state index in [0.29, 0.717) is 0 Å². The molecule has 1 aromatic heterocycles. The number of hydrogen-bond acceptors (Lipinski definition) is 2. The fourth-order valence-electron chi connectivity index (χ4n) is 2.31. The van der Waals surface area contributed by atoms with Crippen molar-refractivity contribution in [2.45, 2.75) is 46.6 Å². The van der Waals surface area contributed by atoms with Crippen molar-refractivity contribution in [1.82, 2.24) is 4.57 Å². The quantitative estimate of drug-likeness (QED) is 0.821. The van der Waals surface area contributed by atoms with Gasteiger partial charge in [0.15, 0.2) is 0 Å². The van der Waals surface area contributed by atoms with Gasteiger partial charge in [-0.1, -0.05) is 13.8 Å². The molecule has 2 heterocycles. The van der Waals surface area contributed by atoms with Gasteiger partial charge in [-0.3, -0.25) is 0 Å². The van der Waals surface area contributed by atoms with Gasteiger partial charge in [-0.15, -0.1) is 0 Å². The number of nitriles is 1. The first-order valence-corrected chi connectivity index (χ1v) is 6.95. The smallest absolute Gasteiger partial charge is 0.120 e. The number of ether oxygens (including phenoxy) is 1. The zero-order chi connectivity index (χ0) is 13.4. The zero-order valence-corrected chi connectivity index (χ0v) is 11.8. The number of rotatable bonds is 3. The lowest BCUT2D eigenvalue weighted by molar-refractivity contribution is 0.0625. The Kier molecular flexibility index (Phi) is 6.53. The Balaban J connectivity index is 0.000000771. The van der Waals surface area contributed by atoms with Crippen molar-refractivity contribution in [1.29, 1.82) is 5.26 Å². The van der Waals surface area contributed by atoms with Crippen LogP contribution >= 0.6 is 0 Å². The summed E-state index contributed by atoms with van der Waals surface area (Å²) in [4.78, 5) is 0. The lowest BCUT2D eigenvalue weighted by Gasteiger charge is -2.22. The SMILES string of the molecule is CC.Cc1ccc(C#N)n1CCC1CCOCC1. The molecule has 1 aliphatic heterocycles. The largest absolute Gasteiger partial charge is 0.381 e. The highest BCUT2D eigenvalue weighted by atomic mass is 16.5. The normalized spacial score (nSPS) is 15.7. The summed E-state index contributed by atoms with van der Waals surface area (Å²) in [6.45, 7) is 8.83. The number of nitrogens with zero attached hydrogens (tertiary/aromatic N) is 2. The van der Waals surface area contributed by atoms with Crippen LogP contribution in [0.2, 0.25) is 0 Å². The monoisotopic (exact) mass is 248 g/mol. The molecule has 1 fully saturated rings. The Morgan fingerprint density at radius 3 is 2.61 bits per heavy atom. The Morgan fingerprint density at radius 2 is 2.00 bits per heavy atom.